The summed E-state index contributed by atoms with van der Waals surface area (Å²) < 4.78 is 5.06. The van der Waals surface area contributed by atoms with Gasteiger partial charge in [0, 0.05) is 43.9 Å². The molecule has 1 saturated heterocycles. The van der Waals surface area contributed by atoms with Crippen LogP contribution in [0.3, 0.4) is 0 Å². The normalized spacial score (nSPS) is 20.8. The molecule has 2 heterocycles. The topological polar surface area (TPSA) is 49.9 Å². The van der Waals surface area contributed by atoms with Crippen LogP contribution in [0.4, 0.5) is 0 Å². The Morgan fingerprint density at radius 1 is 1.22 bits per heavy atom. The summed E-state index contributed by atoms with van der Waals surface area (Å²) in [4.78, 5) is 29.7. The molecule has 0 saturated carbocycles. The zero-order chi connectivity index (χ0) is 19.6. The number of carbonyl (C=O) groups excluding carboxylic acids is 2. The van der Waals surface area contributed by atoms with Gasteiger partial charge in [-0.2, -0.15) is 0 Å². The lowest BCUT2D eigenvalue weighted by molar-refractivity contribution is -0.137. The molecular formula is C20H24Cl2N2O3. The maximum absolute atomic E-state index is 13.2. The third-order valence-electron chi connectivity index (χ3n) is 5.05. The Balaban J connectivity index is 2.03. The number of benzene rings is 1. The number of amides is 2. The molecule has 2 amide bonds. The molecule has 0 bridgehead atoms. The average molecular weight is 411 g/mol. The molecule has 1 fully saturated rings. The van der Waals surface area contributed by atoms with Crippen molar-refractivity contribution in [2.75, 3.05) is 33.4 Å². The second-order valence-electron chi connectivity index (χ2n) is 7.15. The monoisotopic (exact) mass is 410 g/mol. The van der Waals surface area contributed by atoms with Gasteiger partial charge >= 0.3 is 0 Å². The number of hydrogen-bond acceptors (Lipinski definition) is 4. The van der Waals surface area contributed by atoms with E-state index in [-0.39, 0.29) is 11.8 Å². The highest BCUT2D eigenvalue weighted by atomic mass is 35.5. The zero-order valence-electron chi connectivity index (χ0n) is 15.6. The molecule has 146 valence electrons. The van der Waals surface area contributed by atoms with Crippen molar-refractivity contribution in [1.82, 2.24) is 9.80 Å². The average Bonchev–Trinajstić information content (AvgIpc) is 2.86. The predicted molar refractivity (Wildman–Crippen MR) is 107 cm³/mol. The minimum Gasteiger partial charge on any atom is -0.385 e. The first-order chi connectivity index (χ1) is 12.9. The zero-order valence-corrected chi connectivity index (χ0v) is 17.1. The fraction of sp³-hybridized carbons (Fsp3) is 0.500. The first-order valence-corrected chi connectivity index (χ1v) is 9.99. The van der Waals surface area contributed by atoms with E-state index in [2.05, 4.69) is 6.92 Å². The number of likely N-dealkylation sites (tertiary alicyclic amines) is 1. The highest BCUT2D eigenvalue weighted by molar-refractivity contribution is 6.41. The van der Waals surface area contributed by atoms with E-state index >= 15 is 0 Å². The summed E-state index contributed by atoms with van der Waals surface area (Å²) in [5, 5.41) is 0.867. The number of carbonyl (C=O) groups is 2. The number of ether oxygens (including phenoxy) is 1. The molecule has 2 aliphatic heterocycles. The van der Waals surface area contributed by atoms with E-state index in [4.69, 9.17) is 27.9 Å². The van der Waals surface area contributed by atoms with Crippen LogP contribution in [0.25, 0.3) is 5.57 Å². The van der Waals surface area contributed by atoms with Crippen molar-refractivity contribution in [3.05, 3.63) is 39.5 Å². The number of piperidine rings is 1. The summed E-state index contributed by atoms with van der Waals surface area (Å²) in [7, 11) is 1.60. The number of nitrogens with zero attached hydrogens (tertiary/aromatic N) is 2. The Labute approximate surface area is 169 Å². The third-order valence-corrected chi connectivity index (χ3v) is 5.60. The van der Waals surface area contributed by atoms with Gasteiger partial charge in [0.1, 0.15) is 5.70 Å². The van der Waals surface area contributed by atoms with Crippen LogP contribution in [0.15, 0.2) is 23.9 Å². The lowest BCUT2D eigenvalue weighted by atomic mass is 9.97. The van der Waals surface area contributed by atoms with E-state index in [9.17, 15) is 9.59 Å². The van der Waals surface area contributed by atoms with Crippen molar-refractivity contribution in [2.24, 2.45) is 5.92 Å². The number of halogens is 2. The van der Waals surface area contributed by atoms with E-state index in [1.54, 1.807) is 25.3 Å². The van der Waals surface area contributed by atoms with Crippen LogP contribution >= 0.6 is 23.2 Å². The van der Waals surface area contributed by atoms with Crippen molar-refractivity contribution in [3.63, 3.8) is 0 Å². The Kier molecular flexibility index (Phi) is 6.45. The van der Waals surface area contributed by atoms with Gasteiger partial charge in [-0.3, -0.25) is 14.5 Å². The van der Waals surface area contributed by atoms with Crippen LogP contribution in [0, 0.1) is 5.92 Å². The molecule has 3 rings (SSSR count). The summed E-state index contributed by atoms with van der Waals surface area (Å²) in [6, 6.07) is 5.02. The Hall–Kier alpha value is -1.56. The van der Waals surface area contributed by atoms with E-state index in [1.807, 2.05) is 4.90 Å². The van der Waals surface area contributed by atoms with Gasteiger partial charge in [-0.1, -0.05) is 36.2 Å². The maximum atomic E-state index is 13.2. The minimum absolute atomic E-state index is 0.244. The molecule has 2 aliphatic rings. The molecule has 0 N–H and O–H groups in total. The summed E-state index contributed by atoms with van der Waals surface area (Å²) in [6.45, 7) is 4.50. The van der Waals surface area contributed by atoms with Crippen molar-refractivity contribution < 1.29 is 14.3 Å². The van der Waals surface area contributed by atoms with Gasteiger partial charge < -0.3 is 9.64 Å². The Morgan fingerprint density at radius 3 is 2.67 bits per heavy atom. The van der Waals surface area contributed by atoms with E-state index in [1.165, 1.54) is 4.90 Å². The van der Waals surface area contributed by atoms with Crippen LogP contribution in [-0.2, 0) is 14.3 Å². The smallest absolute Gasteiger partial charge is 0.277 e. The first kappa shape index (κ1) is 20.2. The lowest BCUT2D eigenvalue weighted by Crippen LogP contribution is -2.39. The molecule has 0 aliphatic carbocycles. The molecule has 0 aromatic heterocycles. The summed E-state index contributed by atoms with van der Waals surface area (Å²) in [6.07, 6.45) is 2.72. The molecule has 7 heteroatoms. The van der Waals surface area contributed by atoms with Crippen molar-refractivity contribution in [1.29, 1.82) is 0 Å². The molecule has 27 heavy (non-hydrogen) atoms. The second kappa shape index (κ2) is 8.63. The van der Waals surface area contributed by atoms with Crippen LogP contribution in [0.5, 0.6) is 0 Å². The van der Waals surface area contributed by atoms with Crippen molar-refractivity contribution in [2.45, 2.75) is 26.2 Å². The quantitative estimate of drug-likeness (QED) is 0.527. The van der Waals surface area contributed by atoms with Crippen LogP contribution in [-0.4, -0.2) is 55.0 Å². The fourth-order valence-corrected chi connectivity index (χ4v) is 4.26. The molecule has 1 aromatic rings. The number of hydrogen-bond donors (Lipinski definition) is 0. The second-order valence-corrected chi connectivity index (χ2v) is 7.99. The van der Waals surface area contributed by atoms with Gasteiger partial charge in [-0.05, 0) is 37.3 Å². The Bertz CT molecular complexity index is 778. The van der Waals surface area contributed by atoms with Gasteiger partial charge in [0.05, 0.1) is 10.6 Å². The summed E-state index contributed by atoms with van der Waals surface area (Å²) >= 11 is 12.4. The van der Waals surface area contributed by atoms with Crippen LogP contribution in [0.1, 0.15) is 31.7 Å². The van der Waals surface area contributed by atoms with E-state index < -0.39 is 0 Å². The fourth-order valence-electron chi connectivity index (χ4n) is 3.75. The predicted octanol–water partition coefficient (Wildman–Crippen LogP) is 3.84. The highest BCUT2D eigenvalue weighted by Crippen LogP contribution is 2.37. The SMILES string of the molecule is COCCCN1C(=O)C(c2ccc(Cl)cc2Cl)=C(N2CCCC(C)C2)C1=O. The molecule has 0 radical (unpaired) electrons. The van der Waals surface area contributed by atoms with Gasteiger partial charge in [-0.15, -0.1) is 0 Å². The standard InChI is InChI=1S/C20H24Cl2N2O3/c1-13-5-3-8-23(12-13)18-17(15-7-6-14(21)11-16(15)22)19(25)24(20(18)26)9-4-10-27-2/h6-7,11,13H,3-5,8-10,12H2,1-2H3. The van der Waals surface area contributed by atoms with Crippen molar-refractivity contribution in [3.8, 4) is 0 Å². The highest BCUT2D eigenvalue weighted by Gasteiger charge is 2.42. The van der Waals surface area contributed by atoms with Crippen molar-refractivity contribution >= 4 is 40.6 Å². The van der Waals surface area contributed by atoms with Gasteiger partial charge in [0.15, 0.2) is 0 Å². The lowest BCUT2D eigenvalue weighted by Gasteiger charge is -2.33. The molecule has 1 aromatic carbocycles. The largest absolute Gasteiger partial charge is 0.385 e. The molecular weight excluding hydrogens is 387 g/mol. The van der Waals surface area contributed by atoms with Gasteiger partial charge in [0.25, 0.3) is 11.8 Å². The number of rotatable bonds is 6. The first-order valence-electron chi connectivity index (χ1n) is 9.23. The molecule has 0 spiro atoms. The van der Waals surface area contributed by atoms with Gasteiger partial charge in [0.2, 0.25) is 0 Å². The summed E-state index contributed by atoms with van der Waals surface area (Å²) in [5.41, 5.74) is 1.41. The number of imide groups is 1. The number of methoxy groups -OCH3 is 1. The molecule has 1 atom stereocenters. The summed E-state index contributed by atoms with van der Waals surface area (Å²) in [5.74, 6) is -0.0709. The van der Waals surface area contributed by atoms with Gasteiger partial charge in [-0.25, -0.2) is 0 Å². The minimum atomic E-state index is -0.298. The Morgan fingerprint density at radius 2 is 2.00 bits per heavy atom. The molecule has 5 nitrogen and oxygen atoms in total. The molecule has 1 unspecified atom stereocenters. The maximum Gasteiger partial charge on any atom is 0.277 e. The van der Waals surface area contributed by atoms with E-state index in [0.29, 0.717) is 52.4 Å². The third kappa shape index (κ3) is 4.15. The van der Waals surface area contributed by atoms with E-state index in [0.717, 1.165) is 25.9 Å². The van der Waals surface area contributed by atoms with Crippen LogP contribution < -0.4 is 0 Å². The van der Waals surface area contributed by atoms with Crippen LogP contribution in [0.2, 0.25) is 10.0 Å².